The average molecular weight is 265 g/mol. The molecule has 0 fully saturated rings. The van der Waals surface area contributed by atoms with E-state index in [1.54, 1.807) is 7.11 Å². The van der Waals surface area contributed by atoms with Crippen molar-refractivity contribution in [3.63, 3.8) is 0 Å². The molecule has 0 spiro atoms. The van der Waals surface area contributed by atoms with Crippen LogP contribution < -0.4 is 5.32 Å². The molecule has 3 nitrogen and oxygen atoms in total. The van der Waals surface area contributed by atoms with Crippen molar-refractivity contribution in [2.75, 3.05) is 26.9 Å². The summed E-state index contributed by atoms with van der Waals surface area (Å²) in [4.78, 5) is 0. The zero-order chi connectivity index (χ0) is 14.3. The molecule has 2 N–H and O–H groups in total. The van der Waals surface area contributed by atoms with Gasteiger partial charge in [0.05, 0.1) is 6.61 Å². The number of aliphatic hydroxyl groups is 1. The Hall–Kier alpha value is -0.900. The second kappa shape index (κ2) is 7.63. The number of rotatable bonds is 8. The molecule has 1 aromatic carbocycles. The van der Waals surface area contributed by atoms with Crippen molar-refractivity contribution >= 4 is 0 Å². The third kappa shape index (κ3) is 4.94. The quantitative estimate of drug-likeness (QED) is 0.758. The van der Waals surface area contributed by atoms with Crippen LogP contribution in [0.4, 0.5) is 0 Å². The van der Waals surface area contributed by atoms with E-state index in [2.05, 4.69) is 38.2 Å². The van der Waals surface area contributed by atoms with Crippen LogP contribution in [0, 0.1) is 5.41 Å². The van der Waals surface area contributed by atoms with Gasteiger partial charge in [0.25, 0.3) is 0 Å². The van der Waals surface area contributed by atoms with Gasteiger partial charge >= 0.3 is 0 Å². The second-order valence-corrected chi connectivity index (χ2v) is 5.87. The molecule has 0 radical (unpaired) electrons. The Balaban J connectivity index is 2.77. The van der Waals surface area contributed by atoms with Gasteiger partial charge < -0.3 is 15.2 Å². The summed E-state index contributed by atoms with van der Waals surface area (Å²) in [6, 6.07) is 10.7. The monoisotopic (exact) mass is 265 g/mol. The van der Waals surface area contributed by atoms with Gasteiger partial charge in [-0.15, -0.1) is 0 Å². The molecule has 0 heterocycles. The molecule has 2 atom stereocenters. The number of hydrogen-bond donors (Lipinski definition) is 2. The number of benzene rings is 1. The molecule has 19 heavy (non-hydrogen) atoms. The van der Waals surface area contributed by atoms with Crippen LogP contribution >= 0.6 is 0 Å². The van der Waals surface area contributed by atoms with E-state index in [1.165, 1.54) is 5.56 Å². The lowest BCUT2D eigenvalue weighted by Crippen LogP contribution is -2.39. The van der Waals surface area contributed by atoms with Crippen molar-refractivity contribution < 1.29 is 9.84 Å². The third-order valence-corrected chi connectivity index (χ3v) is 3.64. The van der Waals surface area contributed by atoms with Gasteiger partial charge in [-0.2, -0.15) is 0 Å². The predicted octanol–water partition coefficient (Wildman–Crippen LogP) is 2.41. The van der Waals surface area contributed by atoms with Crippen LogP contribution in [0.5, 0.6) is 0 Å². The first-order valence-corrected chi connectivity index (χ1v) is 6.89. The Kier molecular flexibility index (Phi) is 6.49. The maximum absolute atomic E-state index is 9.64. The van der Waals surface area contributed by atoms with Crippen LogP contribution in [0.1, 0.15) is 32.3 Å². The van der Waals surface area contributed by atoms with E-state index in [1.807, 2.05) is 18.2 Å². The SMILES string of the molecule is COCC(C)NCC(c1ccccc1)C(C)(C)CO. The fourth-order valence-electron chi connectivity index (χ4n) is 2.27. The van der Waals surface area contributed by atoms with E-state index >= 15 is 0 Å². The minimum Gasteiger partial charge on any atom is -0.396 e. The summed E-state index contributed by atoms with van der Waals surface area (Å²) in [5, 5.41) is 13.1. The third-order valence-electron chi connectivity index (χ3n) is 3.64. The fraction of sp³-hybridized carbons (Fsp3) is 0.625. The summed E-state index contributed by atoms with van der Waals surface area (Å²) in [5.41, 5.74) is 1.11. The molecule has 1 rings (SSSR count). The molecule has 0 aliphatic heterocycles. The van der Waals surface area contributed by atoms with Crippen molar-refractivity contribution in [2.45, 2.75) is 32.7 Å². The average Bonchev–Trinajstić information content (AvgIpc) is 2.40. The summed E-state index contributed by atoms with van der Waals surface area (Å²) in [7, 11) is 1.71. The van der Waals surface area contributed by atoms with E-state index in [-0.39, 0.29) is 17.9 Å². The maximum atomic E-state index is 9.64. The van der Waals surface area contributed by atoms with Crippen LogP contribution in [-0.4, -0.2) is 38.0 Å². The van der Waals surface area contributed by atoms with Crippen LogP contribution in [0.3, 0.4) is 0 Å². The first kappa shape index (κ1) is 16.2. The first-order chi connectivity index (χ1) is 9.01. The zero-order valence-corrected chi connectivity index (χ0v) is 12.5. The Bertz CT molecular complexity index is 351. The highest BCUT2D eigenvalue weighted by atomic mass is 16.5. The van der Waals surface area contributed by atoms with Crippen LogP contribution in [0.25, 0.3) is 0 Å². The largest absolute Gasteiger partial charge is 0.396 e. The standard InChI is InChI=1S/C16H27NO2/c1-13(11-19-4)17-10-15(16(2,3)12-18)14-8-6-5-7-9-14/h5-9,13,15,17-18H,10-12H2,1-4H3. The van der Waals surface area contributed by atoms with Gasteiger partial charge in [0.2, 0.25) is 0 Å². The van der Waals surface area contributed by atoms with E-state index in [9.17, 15) is 5.11 Å². The molecular weight excluding hydrogens is 238 g/mol. The number of ether oxygens (including phenoxy) is 1. The van der Waals surface area contributed by atoms with Crippen LogP contribution in [-0.2, 0) is 4.74 Å². The normalized spacial score (nSPS) is 15.2. The van der Waals surface area contributed by atoms with Gasteiger partial charge in [0.15, 0.2) is 0 Å². The van der Waals surface area contributed by atoms with Crippen molar-refractivity contribution in [3.05, 3.63) is 35.9 Å². The van der Waals surface area contributed by atoms with Gasteiger partial charge in [0.1, 0.15) is 0 Å². The summed E-state index contributed by atoms with van der Waals surface area (Å²) >= 11 is 0. The van der Waals surface area contributed by atoms with E-state index in [0.717, 1.165) is 6.54 Å². The van der Waals surface area contributed by atoms with E-state index in [4.69, 9.17) is 4.74 Å². The predicted molar refractivity (Wildman–Crippen MR) is 79.4 cm³/mol. The molecule has 0 aliphatic carbocycles. The molecule has 0 aromatic heterocycles. The molecule has 3 heteroatoms. The van der Waals surface area contributed by atoms with Crippen molar-refractivity contribution in [1.29, 1.82) is 0 Å². The fourth-order valence-corrected chi connectivity index (χ4v) is 2.27. The number of nitrogens with one attached hydrogen (secondary N) is 1. The summed E-state index contributed by atoms with van der Waals surface area (Å²) < 4.78 is 5.14. The lowest BCUT2D eigenvalue weighted by atomic mass is 9.75. The first-order valence-electron chi connectivity index (χ1n) is 6.89. The zero-order valence-electron chi connectivity index (χ0n) is 12.5. The highest BCUT2D eigenvalue weighted by Gasteiger charge is 2.30. The van der Waals surface area contributed by atoms with Gasteiger partial charge in [-0.3, -0.25) is 0 Å². The van der Waals surface area contributed by atoms with Gasteiger partial charge in [-0.1, -0.05) is 44.2 Å². The van der Waals surface area contributed by atoms with Crippen LogP contribution in [0.2, 0.25) is 0 Å². The molecule has 0 aliphatic rings. The number of hydrogen-bond acceptors (Lipinski definition) is 3. The Morgan fingerprint density at radius 3 is 2.42 bits per heavy atom. The Morgan fingerprint density at radius 2 is 1.89 bits per heavy atom. The topological polar surface area (TPSA) is 41.5 Å². The molecule has 0 saturated carbocycles. The number of methoxy groups -OCH3 is 1. The molecule has 108 valence electrons. The van der Waals surface area contributed by atoms with Crippen LogP contribution in [0.15, 0.2) is 30.3 Å². The maximum Gasteiger partial charge on any atom is 0.0613 e. The highest BCUT2D eigenvalue weighted by Crippen LogP contribution is 2.34. The molecular formula is C16H27NO2. The number of aliphatic hydroxyl groups excluding tert-OH is 1. The Morgan fingerprint density at radius 1 is 1.26 bits per heavy atom. The minimum atomic E-state index is -0.152. The van der Waals surface area contributed by atoms with Crippen molar-refractivity contribution in [3.8, 4) is 0 Å². The summed E-state index contributed by atoms with van der Waals surface area (Å²) in [6.07, 6.45) is 0. The minimum absolute atomic E-state index is 0.152. The van der Waals surface area contributed by atoms with Gasteiger partial charge in [-0.25, -0.2) is 0 Å². The molecule has 0 amide bonds. The summed E-state index contributed by atoms with van der Waals surface area (Å²) in [5.74, 6) is 0.276. The molecule has 1 aromatic rings. The van der Waals surface area contributed by atoms with E-state index in [0.29, 0.717) is 12.6 Å². The van der Waals surface area contributed by atoms with Crippen molar-refractivity contribution in [2.24, 2.45) is 5.41 Å². The smallest absolute Gasteiger partial charge is 0.0613 e. The lowest BCUT2D eigenvalue weighted by Gasteiger charge is -2.34. The van der Waals surface area contributed by atoms with Crippen molar-refractivity contribution in [1.82, 2.24) is 5.32 Å². The molecule has 2 unspecified atom stereocenters. The molecule has 0 saturated heterocycles. The summed E-state index contributed by atoms with van der Waals surface area (Å²) in [6.45, 7) is 8.02. The van der Waals surface area contributed by atoms with Gasteiger partial charge in [-0.05, 0) is 17.9 Å². The van der Waals surface area contributed by atoms with E-state index < -0.39 is 0 Å². The Labute approximate surface area is 117 Å². The lowest BCUT2D eigenvalue weighted by molar-refractivity contribution is 0.122. The second-order valence-electron chi connectivity index (χ2n) is 5.87. The highest BCUT2D eigenvalue weighted by molar-refractivity contribution is 5.22. The van der Waals surface area contributed by atoms with Gasteiger partial charge in [0, 0.05) is 32.2 Å². The molecule has 0 bridgehead atoms.